The van der Waals surface area contributed by atoms with Crippen molar-refractivity contribution < 1.29 is 9.90 Å². The normalized spacial score (nSPS) is 31.5. The van der Waals surface area contributed by atoms with E-state index in [4.69, 9.17) is 5.11 Å². The van der Waals surface area contributed by atoms with Gasteiger partial charge in [0.1, 0.15) is 0 Å². The van der Waals surface area contributed by atoms with Crippen LogP contribution < -0.4 is 5.32 Å². The molecule has 3 heteroatoms. The predicted octanol–water partition coefficient (Wildman–Crippen LogP) is 0.426. The van der Waals surface area contributed by atoms with Gasteiger partial charge in [-0.2, -0.15) is 0 Å². The molecule has 3 nitrogen and oxygen atoms in total. The van der Waals surface area contributed by atoms with Gasteiger partial charge in [-0.1, -0.05) is 0 Å². The lowest BCUT2D eigenvalue weighted by molar-refractivity contribution is -0.120. The van der Waals surface area contributed by atoms with Crippen LogP contribution in [0.2, 0.25) is 0 Å². The quantitative estimate of drug-likeness (QED) is 0.579. The van der Waals surface area contributed by atoms with E-state index in [2.05, 4.69) is 5.32 Å². The van der Waals surface area contributed by atoms with Gasteiger partial charge in [0.15, 0.2) is 0 Å². The predicted molar refractivity (Wildman–Crippen MR) is 42.1 cm³/mol. The first kappa shape index (κ1) is 8.53. The summed E-state index contributed by atoms with van der Waals surface area (Å²) in [6.07, 6.45) is 3.34. The highest BCUT2D eigenvalue weighted by Crippen LogP contribution is 2.17. The summed E-state index contributed by atoms with van der Waals surface area (Å²) in [4.78, 5) is 10.6. The maximum atomic E-state index is 10.6. The number of nitrogens with one attached hydrogen (secondary N) is 1. The molecule has 1 rings (SSSR count). The van der Waals surface area contributed by atoms with Crippen LogP contribution in [0.15, 0.2) is 0 Å². The van der Waals surface area contributed by atoms with Gasteiger partial charge in [-0.25, -0.2) is 0 Å². The van der Waals surface area contributed by atoms with Crippen molar-refractivity contribution in [2.75, 3.05) is 0 Å². The van der Waals surface area contributed by atoms with Gasteiger partial charge < -0.3 is 10.4 Å². The minimum absolute atomic E-state index is 0.0337. The topological polar surface area (TPSA) is 49.3 Å². The second kappa shape index (κ2) is 3.72. The summed E-state index contributed by atoms with van der Waals surface area (Å²) in [7, 11) is 0. The molecule has 1 aliphatic rings. The van der Waals surface area contributed by atoms with Crippen LogP contribution in [0.5, 0.6) is 0 Å². The molecule has 0 aromatic rings. The van der Waals surface area contributed by atoms with E-state index in [1.165, 1.54) is 6.92 Å². The Morgan fingerprint density at radius 3 is 2.36 bits per heavy atom. The number of aliphatic hydroxyl groups excluding tert-OH is 1. The summed E-state index contributed by atoms with van der Waals surface area (Å²) >= 11 is 0. The Bertz CT molecular complexity index is 139. The lowest BCUT2D eigenvalue weighted by Gasteiger charge is -2.25. The molecule has 0 heterocycles. The minimum atomic E-state index is -0.139. The zero-order valence-corrected chi connectivity index (χ0v) is 6.84. The van der Waals surface area contributed by atoms with Gasteiger partial charge in [0, 0.05) is 13.0 Å². The third kappa shape index (κ3) is 2.89. The van der Waals surface area contributed by atoms with E-state index in [9.17, 15) is 4.79 Å². The lowest BCUT2D eigenvalue weighted by Crippen LogP contribution is -2.37. The van der Waals surface area contributed by atoms with Crippen LogP contribution >= 0.6 is 0 Å². The minimum Gasteiger partial charge on any atom is -0.393 e. The van der Waals surface area contributed by atoms with Crippen LogP contribution in [-0.4, -0.2) is 23.2 Å². The first-order chi connectivity index (χ1) is 5.18. The molecule has 2 N–H and O–H groups in total. The van der Waals surface area contributed by atoms with Crippen molar-refractivity contribution in [1.29, 1.82) is 0 Å². The Morgan fingerprint density at radius 2 is 1.91 bits per heavy atom. The summed E-state index contributed by atoms with van der Waals surface area (Å²) in [5, 5.41) is 12.0. The molecule has 0 unspecified atom stereocenters. The van der Waals surface area contributed by atoms with Crippen LogP contribution in [0.3, 0.4) is 0 Å². The van der Waals surface area contributed by atoms with Gasteiger partial charge >= 0.3 is 0 Å². The average molecular weight is 157 g/mol. The highest BCUT2D eigenvalue weighted by Gasteiger charge is 2.19. The van der Waals surface area contributed by atoms with Crippen molar-refractivity contribution in [3.8, 4) is 0 Å². The highest BCUT2D eigenvalue weighted by molar-refractivity contribution is 5.73. The van der Waals surface area contributed by atoms with Gasteiger partial charge in [-0.15, -0.1) is 0 Å². The Hall–Kier alpha value is -0.570. The van der Waals surface area contributed by atoms with Crippen LogP contribution in [0.1, 0.15) is 32.6 Å². The Kier molecular flexibility index (Phi) is 2.88. The summed E-state index contributed by atoms with van der Waals surface area (Å²) in [5.74, 6) is 0.0337. The van der Waals surface area contributed by atoms with Gasteiger partial charge in [0.2, 0.25) is 5.91 Å². The molecule has 1 aliphatic carbocycles. The van der Waals surface area contributed by atoms with Crippen molar-refractivity contribution in [2.24, 2.45) is 0 Å². The van der Waals surface area contributed by atoms with Gasteiger partial charge in [0.25, 0.3) is 0 Å². The fraction of sp³-hybridized carbons (Fsp3) is 0.875. The second-order valence-electron chi connectivity index (χ2n) is 3.21. The number of hydrogen-bond donors (Lipinski definition) is 2. The first-order valence-corrected chi connectivity index (χ1v) is 4.13. The van der Waals surface area contributed by atoms with E-state index in [0.717, 1.165) is 25.7 Å². The summed E-state index contributed by atoms with van der Waals surface area (Å²) in [6, 6.07) is 0.302. The molecule has 0 radical (unpaired) electrons. The standard InChI is InChI=1S/C8H15NO2/c1-6(10)9-7-2-4-8(11)5-3-7/h7-8,11H,2-5H2,1H3,(H,9,10)/t7-,8+. The van der Waals surface area contributed by atoms with Crippen molar-refractivity contribution in [2.45, 2.75) is 44.8 Å². The molecule has 0 atom stereocenters. The molecule has 64 valence electrons. The highest BCUT2D eigenvalue weighted by atomic mass is 16.3. The lowest BCUT2D eigenvalue weighted by atomic mass is 9.93. The molecule has 1 amide bonds. The smallest absolute Gasteiger partial charge is 0.217 e. The van der Waals surface area contributed by atoms with Crippen molar-refractivity contribution in [3.63, 3.8) is 0 Å². The van der Waals surface area contributed by atoms with Crippen molar-refractivity contribution >= 4 is 5.91 Å². The molecule has 1 saturated carbocycles. The van der Waals surface area contributed by atoms with Gasteiger partial charge in [-0.05, 0) is 25.7 Å². The third-order valence-corrected chi connectivity index (χ3v) is 2.10. The second-order valence-corrected chi connectivity index (χ2v) is 3.21. The summed E-state index contributed by atoms with van der Waals surface area (Å²) < 4.78 is 0. The zero-order valence-electron chi connectivity index (χ0n) is 6.84. The number of rotatable bonds is 1. The number of amides is 1. The van der Waals surface area contributed by atoms with Crippen molar-refractivity contribution in [1.82, 2.24) is 5.32 Å². The molecule has 0 aromatic heterocycles. The Morgan fingerprint density at radius 1 is 1.36 bits per heavy atom. The Labute approximate surface area is 66.8 Å². The molecule has 0 saturated heterocycles. The molecule has 1 fully saturated rings. The SMILES string of the molecule is CC(=O)N[C@H]1CC[C@@H](O)CC1. The van der Waals surface area contributed by atoms with Crippen LogP contribution in [0, 0.1) is 0 Å². The van der Waals surface area contributed by atoms with Crippen LogP contribution in [0.25, 0.3) is 0 Å². The first-order valence-electron chi connectivity index (χ1n) is 4.13. The maximum Gasteiger partial charge on any atom is 0.217 e. The number of hydrogen-bond acceptors (Lipinski definition) is 2. The zero-order chi connectivity index (χ0) is 8.27. The monoisotopic (exact) mass is 157 g/mol. The van der Waals surface area contributed by atoms with E-state index in [1.54, 1.807) is 0 Å². The van der Waals surface area contributed by atoms with Gasteiger partial charge in [-0.3, -0.25) is 4.79 Å². The number of carbonyl (C=O) groups excluding carboxylic acids is 1. The van der Waals surface area contributed by atoms with Crippen molar-refractivity contribution in [3.05, 3.63) is 0 Å². The van der Waals surface area contributed by atoms with E-state index in [0.29, 0.717) is 6.04 Å². The summed E-state index contributed by atoms with van der Waals surface area (Å²) in [5.41, 5.74) is 0. The fourth-order valence-electron chi connectivity index (χ4n) is 1.51. The molecule has 0 bridgehead atoms. The summed E-state index contributed by atoms with van der Waals surface area (Å²) in [6.45, 7) is 1.53. The molecular formula is C8H15NO2. The van der Waals surface area contributed by atoms with E-state index in [1.807, 2.05) is 0 Å². The van der Waals surface area contributed by atoms with Crippen LogP contribution in [0.4, 0.5) is 0 Å². The molecule has 0 spiro atoms. The average Bonchev–Trinajstić information content (AvgIpc) is 1.93. The fourth-order valence-corrected chi connectivity index (χ4v) is 1.51. The van der Waals surface area contributed by atoms with E-state index in [-0.39, 0.29) is 12.0 Å². The molecular weight excluding hydrogens is 142 g/mol. The maximum absolute atomic E-state index is 10.6. The molecule has 0 aromatic carbocycles. The number of carbonyl (C=O) groups is 1. The Balaban J connectivity index is 2.22. The third-order valence-electron chi connectivity index (χ3n) is 2.10. The van der Waals surface area contributed by atoms with Crippen LogP contribution in [-0.2, 0) is 4.79 Å². The molecule has 11 heavy (non-hydrogen) atoms. The van der Waals surface area contributed by atoms with Gasteiger partial charge in [0.05, 0.1) is 6.10 Å². The van der Waals surface area contributed by atoms with E-state index >= 15 is 0 Å². The molecule has 0 aliphatic heterocycles. The number of aliphatic hydroxyl groups is 1. The largest absolute Gasteiger partial charge is 0.393 e. The van der Waals surface area contributed by atoms with E-state index < -0.39 is 0 Å².